The summed E-state index contributed by atoms with van der Waals surface area (Å²) in [6.45, 7) is 0.578. The number of hydrogen-bond donors (Lipinski definition) is 2. The third-order valence-corrected chi connectivity index (χ3v) is 4.60. The van der Waals surface area contributed by atoms with Crippen LogP contribution in [0.1, 0.15) is 42.5 Å². The first kappa shape index (κ1) is 17.3. The zero-order chi connectivity index (χ0) is 13.7. The van der Waals surface area contributed by atoms with E-state index in [0.29, 0.717) is 6.54 Å². The molecule has 5 heteroatoms. The minimum atomic E-state index is -0.206. The predicted octanol–water partition coefficient (Wildman–Crippen LogP) is 3.22. The van der Waals surface area contributed by atoms with Crippen LogP contribution in [-0.4, -0.2) is 24.2 Å². The Morgan fingerprint density at radius 1 is 1.30 bits per heavy atom. The molecule has 0 aliphatic heterocycles. The molecule has 1 aliphatic carbocycles. The number of halogens is 1. The molecule has 1 saturated carbocycles. The molecule has 0 aromatic heterocycles. The lowest BCUT2D eigenvalue weighted by Crippen LogP contribution is -2.51. The van der Waals surface area contributed by atoms with E-state index in [1.165, 1.54) is 19.3 Å². The van der Waals surface area contributed by atoms with Crippen LogP contribution in [0.5, 0.6) is 0 Å². The van der Waals surface area contributed by atoms with E-state index in [9.17, 15) is 4.79 Å². The van der Waals surface area contributed by atoms with Crippen molar-refractivity contribution in [1.29, 1.82) is 0 Å². The number of carbonyl (C=O) groups is 1. The van der Waals surface area contributed by atoms with Crippen LogP contribution in [0, 0.1) is 0 Å². The lowest BCUT2D eigenvalue weighted by atomic mass is 9.82. The SMILES string of the molecule is CSc1ccccc1C(=O)NCC1(N)CCCCC1.Cl. The van der Waals surface area contributed by atoms with Crippen molar-refractivity contribution in [2.24, 2.45) is 5.73 Å². The largest absolute Gasteiger partial charge is 0.350 e. The summed E-state index contributed by atoms with van der Waals surface area (Å²) in [7, 11) is 0. The van der Waals surface area contributed by atoms with Crippen LogP contribution in [0.25, 0.3) is 0 Å². The van der Waals surface area contributed by atoms with Gasteiger partial charge in [0, 0.05) is 17.0 Å². The number of carbonyl (C=O) groups excluding carboxylic acids is 1. The highest BCUT2D eigenvalue weighted by Crippen LogP contribution is 2.25. The summed E-state index contributed by atoms with van der Waals surface area (Å²) in [5.41, 5.74) is 6.87. The minimum Gasteiger partial charge on any atom is -0.350 e. The highest BCUT2D eigenvalue weighted by Gasteiger charge is 2.28. The zero-order valence-corrected chi connectivity index (χ0v) is 13.5. The number of benzene rings is 1. The molecule has 0 radical (unpaired) electrons. The van der Waals surface area contributed by atoms with Crippen LogP contribution in [0.2, 0.25) is 0 Å². The van der Waals surface area contributed by atoms with Gasteiger partial charge in [0.2, 0.25) is 0 Å². The number of thioether (sulfide) groups is 1. The van der Waals surface area contributed by atoms with Gasteiger partial charge in [0.1, 0.15) is 0 Å². The molecule has 1 amide bonds. The molecule has 3 nitrogen and oxygen atoms in total. The Morgan fingerprint density at radius 3 is 2.60 bits per heavy atom. The fourth-order valence-electron chi connectivity index (χ4n) is 2.62. The predicted molar refractivity (Wildman–Crippen MR) is 87.8 cm³/mol. The fourth-order valence-corrected chi connectivity index (χ4v) is 3.21. The van der Waals surface area contributed by atoms with Crippen molar-refractivity contribution in [3.63, 3.8) is 0 Å². The van der Waals surface area contributed by atoms with E-state index in [-0.39, 0.29) is 23.9 Å². The van der Waals surface area contributed by atoms with E-state index in [2.05, 4.69) is 5.32 Å². The van der Waals surface area contributed by atoms with Gasteiger partial charge in [0.15, 0.2) is 0 Å². The fraction of sp³-hybridized carbons (Fsp3) is 0.533. The first-order chi connectivity index (χ1) is 9.14. The zero-order valence-electron chi connectivity index (χ0n) is 11.9. The summed E-state index contributed by atoms with van der Waals surface area (Å²) >= 11 is 1.59. The molecule has 1 aromatic rings. The molecular formula is C15H23ClN2OS. The molecule has 1 fully saturated rings. The van der Waals surface area contributed by atoms with Gasteiger partial charge in [0.25, 0.3) is 5.91 Å². The van der Waals surface area contributed by atoms with Crippen LogP contribution in [-0.2, 0) is 0 Å². The number of nitrogens with one attached hydrogen (secondary N) is 1. The average molecular weight is 315 g/mol. The molecule has 0 spiro atoms. The third-order valence-electron chi connectivity index (χ3n) is 3.80. The molecule has 0 heterocycles. The molecule has 20 heavy (non-hydrogen) atoms. The third kappa shape index (κ3) is 4.40. The molecular weight excluding hydrogens is 292 g/mol. The maximum Gasteiger partial charge on any atom is 0.252 e. The Morgan fingerprint density at radius 2 is 1.95 bits per heavy atom. The minimum absolute atomic E-state index is 0. The summed E-state index contributed by atoms with van der Waals surface area (Å²) in [5.74, 6) is -0.0136. The Balaban J connectivity index is 0.00000200. The Bertz CT molecular complexity index is 447. The first-order valence-electron chi connectivity index (χ1n) is 6.85. The first-order valence-corrected chi connectivity index (χ1v) is 8.07. The number of hydrogen-bond acceptors (Lipinski definition) is 3. The Kier molecular flexibility index (Phi) is 6.86. The summed E-state index contributed by atoms with van der Waals surface area (Å²) in [5, 5.41) is 3.01. The lowest BCUT2D eigenvalue weighted by Gasteiger charge is -2.33. The van der Waals surface area contributed by atoms with E-state index in [1.807, 2.05) is 30.5 Å². The highest BCUT2D eigenvalue weighted by atomic mass is 35.5. The van der Waals surface area contributed by atoms with Crippen molar-refractivity contribution in [3.8, 4) is 0 Å². The van der Waals surface area contributed by atoms with Gasteiger partial charge in [-0.15, -0.1) is 24.2 Å². The Hall–Kier alpha value is -0.710. The summed E-state index contributed by atoms with van der Waals surface area (Å²) in [6, 6.07) is 7.69. The number of amides is 1. The quantitative estimate of drug-likeness (QED) is 0.839. The Labute approximate surface area is 131 Å². The van der Waals surface area contributed by atoms with Crippen molar-refractivity contribution < 1.29 is 4.79 Å². The average Bonchev–Trinajstić information content (AvgIpc) is 2.45. The van der Waals surface area contributed by atoms with Crippen molar-refractivity contribution in [3.05, 3.63) is 29.8 Å². The molecule has 1 aliphatic rings. The van der Waals surface area contributed by atoms with E-state index in [1.54, 1.807) is 11.8 Å². The normalized spacial score (nSPS) is 17.1. The maximum atomic E-state index is 12.2. The van der Waals surface area contributed by atoms with Gasteiger partial charge in [-0.25, -0.2) is 0 Å². The van der Waals surface area contributed by atoms with Gasteiger partial charge < -0.3 is 11.1 Å². The van der Waals surface area contributed by atoms with Gasteiger partial charge in [-0.05, 0) is 31.2 Å². The number of rotatable bonds is 4. The molecule has 0 unspecified atom stereocenters. The molecule has 0 atom stereocenters. The molecule has 1 aromatic carbocycles. The molecule has 2 rings (SSSR count). The second-order valence-electron chi connectivity index (χ2n) is 5.31. The molecule has 3 N–H and O–H groups in total. The second-order valence-corrected chi connectivity index (χ2v) is 6.15. The summed E-state index contributed by atoms with van der Waals surface area (Å²) in [6.07, 6.45) is 7.62. The van der Waals surface area contributed by atoms with Crippen LogP contribution in [0.4, 0.5) is 0 Å². The van der Waals surface area contributed by atoms with Crippen LogP contribution < -0.4 is 11.1 Å². The van der Waals surface area contributed by atoms with Crippen LogP contribution in [0.3, 0.4) is 0 Å². The standard InChI is InChI=1S/C15H22N2OS.ClH/c1-19-13-8-4-3-7-12(13)14(18)17-11-15(16)9-5-2-6-10-15;/h3-4,7-8H,2,5-6,9-11,16H2,1H3,(H,17,18);1H. The van der Waals surface area contributed by atoms with E-state index in [4.69, 9.17) is 5.73 Å². The molecule has 112 valence electrons. The van der Waals surface area contributed by atoms with Crippen molar-refractivity contribution in [2.45, 2.75) is 42.5 Å². The second kappa shape index (κ2) is 7.91. The lowest BCUT2D eigenvalue weighted by molar-refractivity contribution is 0.0935. The van der Waals surface area contributed by atoms with Gasteiger partial charge in [0.05, 0.1) is 5.56 Å². The van der Waals surface area contributed by atoms with Gasteiger partial charge >= 0.3 is 0 Å². The van der Waals surface area contributed by atoms with Crippen LogP contribution in [0.15, 0.2) is 29.2 Å². The maximum absolute atomic E-state index is 12.2. The van der Waals surface area contributed by atoms with Crippen LogP contribution >= 0.6 is 24.2 Å². The van der Waals surface area contributed by atoms with Gasteiger partial charge in [-0.3, -0.25) is 4.79 Å². The van der Waals surface area contributed by atoms with Crippen molar-refractivity contribution >= 4 is 30.1 Å². The van der Waals surface area contributed by atoms with Crippen molar-refractivity contribution in [1.82, 2.24) is 5.32 Å². The van der Waals surface area contributed by atoms with Gasteiger partial charge in [-0.1, -0.05) is 31.4 Å². The monoisotopic (exact) mass is 314 g/mol. The van der Waals surface area contributed by atoms with Gasteiger partial charge in [-0.2, -0.15) is 0 Å². The topological polar surface area (TPSA) is 55.1 Å². The van der Waals surface area contributed by atoms with E-state index in [0.717, 1.165) is 23.3 Å². The summed E-state index contributed by atoms with van der Waals surface area (Å²) in [4.78, 5) is 13.2. The van der Waals surface area contributed by atoms with Crippen molar-refractivity contribution in [2.75, 3.05) is 12.8 Å². The number of nitrogens with two attached hydrogens (primary N) is 1. The molecule has 0 bridgehead atoms. The van der Waals surface area contributed by atoms with E-state index < -0.39 is 0 Å². The smallest absolute Gasteiger partial charge is 0.252 e. The van der Waals surface area contributed by atoms with E-state index >= 15 is 0 Å². The highest BCUT2D eigenvalue weighted by molar-refractivity contribution is 7.98. The molecule has 0 saturated heterocycles. The summed E-state index contributed by atoms with van der Waals surface area (Å²) < 4.78 is 0.